The number of anilines is 2. The minimum absolute atomic E-state index is 0.0513. The summed E-state index contributed by atoms with van der Waals surface area (Å²) in [5, 5.41) is 3.45. The van der Waals surface area contributed by atoms with Gasteiger partial charge in [-0.05, 0) is 57.0 Å². The lowest BCUT2D eigenvalue weighted by molar-refractivity contribution is -0.0585. The monoisotopic (exact) mass is 338 g/mol. The summed E-state index contributed by atoms with van der Waals surface area (Å²) in [5.41, 5.74) is 4.99. The number of nitrogens with zero attached hydrogens (tertiary/aromatic N) is 1. The van der Waals surface area contributed by atoms with Gasteiger partial charge < -0.3 is 15.0 Å². The van der Waals surface area contributed by atoms with Crippen molar-refractivity contribution in [2.45, 2.75) is 39.9 Å². The van der Waals surface area contributed by atoms with E-state index in [1.54, 1.807) is 0 Å². The molecule has 25 heavy (non-hydrogen) atoms. The highest BCUT2D eigenvalue weighted by atomic mass is 16.5. The van der Waals surface area contributed by atoms with Gasteiger partial charge in [0.05, 0.1) is 23.5 Å². The van der Waals surface area contributed by atoms with Crippen molar-refractivity contribution in [2.24, 2.45) is 0 Å². The second-order valence-electron chi connectivity index (χ2n) is 6.89. The number of aryl methyl sites for hydroxylation is 1. The highest BCUT2D eigenvalue weighted by molar-refractivity contribution is 6.00. The van der Waals surface area contributed by atoms with E-state index >= 15 is 0 Å². The van der Waals surface area contributed by atoms with Crippen LogP contribution in [0.2, 0.25) is 0 Å². The van der Waals surface area contributed by atoms with Crippen molar-refractivity contribution in [3.8, 4) is 0 Å². The van der Waals surface area contributed by atoms with Crippen LogP contribution in [-0.4, -0.2) is 36.1 Å². The molecule has 4 nitrogen and oxygen atoms in total. The van der Waals surface area contributed by atoms with E-state index in [1.165, 1.54) is 11.1 Å². The second kappa shape index (κ2) is 7.28. The predicted molar refractivity (Wildman–Crippen MR) is 102 cm³/mol. The molecule has 2 atom stereocenters. The molecule has 1 aliphatic heterocycles. The van der Waals surface area contributed by atoms with E-state index < -0.39 is 0 Å². The molecule has 0 aliphatic carbocycles. The van der Waals surface area contributed by atoms with Gasteiger partial charge in [-0.3, -0.25) is 4.79 Å². The van der Waals surface area contributed by atoms with Crippen LogP contribution in [0.1, 0.15) is 35.3 Å². The lowest BCUT2D eigenvalue weighted by Crippen LogP contribution is -2.48. The van der Waals surface area contributed by atoms with Crippen LogP contribution >= 0.6 is 0 Å². The molecule has 1 amide bonds. The van der Waals surface area contributed by atoms with E-state index in [0.29, 0.717) is 18.7 Å². The van der Waals surface area contributed by atoms with Crippen molar-refractivity contribution in [1.29, 1.82) is 0 Å². The van der Waals surface area contributed by atoms with Crippen molar-refractivity contribution in [3.63, 3.8) is 0 Å². The Hall–Kier alpha value is -2.33. The number of carbonyl (C=O) groups excluding carboxylic acids is 1. The maximum absolute atomic E-state index is 13.1. The maximum Gasteiger partial charge on any atom is 0.256 e. The van der Waals surface area contributed by atoms with Crippen molar-refractivity contribution in [1.82, 2.24) is 4.90 Å². The molecule has 0 radical (unpaired) electrons. The molecule has 1 aliphatic rings. The van der Waals surface area contributed by atoms with E-state index in [9.17, 15) is 4.79 Å². The number of rotatable bonds is 3. The molecule has 1 heterocycles. The molecule has 0 saturated carbocycles. The number of carbonyl (C=O) groups is 1. The Morgan fingerprint density at radius 3 is 2.36 bits per heavy atom. The molecule has 1 N–H and O–H groups in total. The number of para-hydroxylation sites is 1. The molecule has 1 saturated heterocycles. The fourth-order valence-electron chi connectivity index (χ4n) is 3.32. The first-order valence-electron chi connectivity index (χ1n) is 8.82. The third-order valence-corrected chi connectivity index (χ3v) is 4.74. The van der Waals surface area contributed by atoms with E-state index in [0.717, 1.165) is 11.4 Å². The van der Waals surface area contributed by atoms with Crippen LogP contribution in [0, 0.1) is 13.8 Å². The number of ether oxygens (including phenoxy) is 1. The van der Waals surface area contributed by atoms with Crippen molar-refractivity contribution in [2.75, 3.05) is 18.4 Å². The molecule has 0 spiro atoms. The van der Waals surface area contributed by atoms with Crippen LogP contribution in [0.4, 0.5) is 11.4 Å². The number of morpholine rings is 1. The minimum atomic E-state index is 0.0513. The maximum atomic E-state index is 13.1. The number of hydrogen-bond acceptors (Lipinski definition) is 3. The highest BCUT2D eigenvalue weighted by Crippen LogP contribution is 2.26. The number of benzene rings is 2. The summed E-state index contributed by atoms with van der Waals surface area (Å²) < 4.78 is 5.75. The summed E-state index contributed by atoms with van der Waals surface area (Å²) >= 11 is 0. The SMILES string of the molecule is Cc1cccc(Nc2ccccc2C(=O)N2C[C@@H](C)O[C@H](C)C2)c1C. The summed E-state index contributed by atoms with van der Waals surface area (Å²) in [4.78, 5) is 15.0. The molecule has 2 aromatic carbocycles. The largest absolute Gasteiger partial charge is 0.372 e. The van der Waals surface area contributed by atoms with Gasteiger partial charge >= 0.3 is 0 Å². The lowest BCUT2D eigenvalue weighted by atomic mass is 10.1. The zero-order chi connectivity index (χ0) is 18.0. The van der Waals surface area contributed by atoms with E-state index in [-0.39, 0.29) is 18.1 Å². The fourth-order valence-corrected chi connectivity index (χ4v) is 3.32. The average Bonchev–Trinajstić information content (AvgIpc) is 2.58. The smallest absolute Gasteiger partial charge is 0.256 e. The molecule has 4 heteroatoms. The average molecular weight is 338 g/mol. The standard InChI is InChI=1S/C21H26N2O2/c1-14-8-7-11-19(17(14)4)22-20-10-6-5-9-18(20)21(24)23-12-15(2)25-16(3)13-23/h5-11,15-16,22H,12-13H2,1-4H3/t15-,16-/m1/s1. The van der Waals surface area contributed by atoms with Crippen LogP contribution in [-0.2, 0) is 4.74 Å². The number of hydrogen-bond donors (Lipinski definition) is 1. The Bertz CT molecular complexity index is 762. The van der Waals surface area contributed by atoms with Crippen LogP contribution < -0.4 is 5.32 Å². The molecular weight excluding hydrogens is 312 g/mol. The molecular formula is C21H26N2O2. The third kappa shape index (κ3) is 3.85. The molecule has 0 aromatic heterocycles. The molecule has 1 fully saturated rings. The van der Waals surface area contributed by atoms with Gasteiger partial charge in [-0.15, -0.1) is 0 Å². The van der Waals surface area contributed by atoms with Gasteiger partial charge in [0.2, 0.25) is 0 Å². The molecule has 0 bridgehead atoms. The Labute approximate surface area is 149 Å². The Balaban J connectivity index is 1.88. The second-order valence-corrected chi connectivity index (χ2v) is 6.89. The Morgan fingerprint density at radius 1 is 1.00 bits per heavy atom. The molecule has 132 valence electrons. The molecule has 3 rings (SSSR count). The Kier molecular flexibility index (Phi) is 5.09. The van der Waals surface area contributed by atoms with Gasteiger partial charge in [-0.25, -0.2) is 0 Å². The third-order valence-electron chi connectivity index (χ3n) is 4.74. The first-order valence-corrected chi connectivity index (χ1v) is 8.82. The van der Waals surface area contributed by atoms with E-state index in [2.05, 4.69) is 25.2 Å². The summed E-state index contributed by atoms with van der Waals surface area (Å²) in [7, 11) is 0. The van der Waals surface area contributed by atoms with Crippen molar-refractivity contribution >= 4 is 17.3 Å². The quantitative estimate of drug-likeness (QED) is 0.907. The molecule has 2 aromatic rings. The van der Waals surface area contributed by atoms with Crippen LogP contribution in [0.15, 0.2) is 42.5 Å². The van der Waals surface area contributed by atoms with Gasteiger partial charge in [0, 0.05) is 18.8 Å². The first-order chi connectivity index (χ1) is 12.0. The van der Waals surface area contributed by atoms with Gasteiger partial charge in [0.15, 0.2) is 0 Å². The summed E-state index contributed by atoms with van der Waals surface area (Å²) in [5.74, 6) is 0.0513. The van der Waals surface area contributed by atoms with E-state index in [4.69, 9.17) is 4.74 Å². The van der Waals surface area contributed by atoms with E-state index in [1.807, 2.05) is 55.1 Å². The van der Waals surface area contributed by atoms with Crippen molar-refractivity contribution in [3.05, 3.63) is 59.2 Å². The highest BCUT2D eigenvalue weighted by Gasteiger charge is 2.27. The summed E-state index contributed by atoms with van der Waals surface area (Å²) in [6.07, 6.45) is 0.124. The summed E-state index contributed by atoms with van der Waals surface area (Å²) in [6, 6.07) is 13.9. The number of nitrogens with one attached hydrogen (secondary N) is 1. The predicted octanol–water partition coefficient (Wildman–Crippen LogP) is 4.30. The van der Waals surface area contributed by atoms with Gasteiger partial charge in [-0.1, -0.05) is 24.3 Å². The topological polar surface area (TPSA) is 41.6 Å². The Morgan fingerprint density at radius 2 is 1.64 bits per heavy atom. The van der Waals surface area contributed by atoms with Gasteiger partial charge in [-0.2, -0.15) is 0 Å². The van der Waals surface area contributed by atoms with Crippen LogP contribution in [0.5, 0.6) is 0 Å². The first kappa shape index (κ1) is 17.5. The zero-order valence-corrected chi connectivity index (χ0v) is 15.4. The zero-order valence-electron chi connectivity index (χ0n) is 15.4. The van der Waals surface area contributed by atoms with Crippen LogP contribution in [0.3, 0.4) is 0 Å². The van der Waals surface area contributed by atoms with Crippen LogP contribution in [0.25, 0.3) is 0 Å². The van der Waals surface area contributed by atoms with Gasteiger partial charge in [0.1, 0.15) is 0 Å². The van der Waals surface area contributed by atoms with Crippen molar-refractivity contribution < 1.29 is 9.53 Å². The van der Waals surface area contributed by atoms with Gasteiger partial charge in [0.25, 0.3) is 5.91 Å². The molecule has 0 unspecified atom stereocenters. The lowest BCUT2D eigenvalue weighted by Gasteiger charge is -2.35. The normalized spacial score (nSPS) is 20.4. The fraction of sp³-hybridized carbons (Fsp3) is 0.381. The number of amides is 1. The minimum Gasteiger partial charge on any atom is -0.372 e. The summed E-state index contributed by atoms with van der Waals surface area (Å²) in [6.45, 7) is 9.45.